The Labute approximate surface area is 162 Å². The van der Waals surface area contributed by atoms with Crippen LogP contribution in [0.4, 0.5) is 5.69 Å². The molecule has 3 aromatic rings. The number of aromatic nitrogens is 3. The molecule has 5 rings (SSSR count). The molecule has 142 valence electrons. The summed E-state index contributed by atoms with van der Waals surface area (Å²) in [6.07, 6.45) is 8.42. The highest BCUT2D eigenvalue weighted by Crippen LogP contribution is 2.32. The second-order valence-corrected chi connectivity index (χ2v) is 7.52. The van der Waals surface area contributed by atoms with Crippen LogP contribution in [0, 0.1) is 0 Å². The van der Waals surface area contributed by atoms with Gasteiger partial charge in [0, 0.05) is 17.9 Å². The molecule has 0 spiro atoms. The van der Waals surface area contributed by atoms with Crippen molar-refractivity contribution >= 4 is 28.7 Å². The maximum Gasteiger partial charge on any atom is 0.253 e. The Kier molecular flexibility index (Phi) is 4.07. The van der Waals surface area contributed by atoms with Crippen LogP contribution in [0.5, 0.6) is 0 Å². The number of fused-ring (bicyclic) bond motifs is 2. The number of rotatable bonds is 3. The SMILES string of the molecule is O=C1CC(NC(=O)c2cnc3c(c2)ncn3C2CCCC2)c2ccccc2N1. The highest BCUT2D eigenvalue weighted by atomic mass is 16.2. The molecule has 1 aromatic carbocycles. The topological polar surface area (TPSA) is 88.9 Å². The van der Waals surface area contributed by atoms with E-state index in [1.165, 1.54) is 12.8 Å². The number of carbonyl (C=O) groups excluding carboxylic acids is 2. The quantitative estimate of drug-likeness (QED) is 0.735. The van der Waals surface area contributed by atoms with E-state index in [1.54, 1.807) is 12.3 Å². The van der Waals surface area contributed by atoms with Gasteiger partial charge in [-0.3, -0.25) is 9.59 Å². The summed E-state index contributed by atoms with van der Waals surface area (Å²) in [6, 6.07) is 9.40. The van der Waals surface area contributed by atoms with Gasteiger partial charge in [0.25, 0.3) is 5.91 Å². The van der Waals surface area contributed by atoms with Crippen LogP contribution >= 0.6 is 0 Å². The molecule has 1 fully saturated rings. The van der Waals surface area contributed by atoms with E-state index < -0.39 is 0 Å². The number of hydrogen-bond acceptors (Lipinski definition) is 4. The number of hydrogen-bond donors (Lipinski definition) is 2. The molecule has 1 atom stereocenters. The summed E-state index contributed by atoms with van der Waals surface area (Å²) in [5.41, 5.74) is 3.66. The molecular formula is C21H21N5O2. The van der Waals surface area contributed by atoms with Crippen molar-refractivity contribution in [1.82, 2.24) is 19.9 Å². The summed E-state index contributed by atoms with van der Waals surface area (Å²) >= 11 is 0. The number of nitrogens with one attached hydrogen (secondary N) is 2. The first-order valence-corrected chi connectivity index (χ1v) is 9.71. The van der Waals surface area contributed by atoms with Gasteiger partial charge in [-0.25, -0.2) is 9.97 Å². The normalized spacial score (nSPS) is 19.4. The lowest BCUT2D eigenvalue weighted by Gasteiger charge is -2.26. The smallest absolute Gasteiger partial charge is 0.253 e. The van der Waals surface area contributed by atoms with Gasteiger partial charge in [-0.05, 0) is 30.5 Å². The van der Waals surface area contributed by atoms with E-state index in [-0.39, 0.29) is 24.3 Å². The fourth-order valence-electron chi connectivity index (χ4n) is 4.27. The van der Waals surface area contributed by atoms with E-state index in [1.807, 2.05) is 30.6 Å². The van der Waals surface area contributed by atoms with Crippen LogP contribution in [0.2, 0.25) is 0 Å². The molecular weight excluding hydrogens is 354 g/mol. The molecule has 2 N–H and O–H groups in total. The van der Waals surface area contributed by atoms with E-state index >= 15 is 0 Å². The van der Waals surface area contributed by atoms with Crippen LogP contribution in [-0.4, -0.2) is 26.3 Å². The van der Waals surface area contributed by atoms with Crippen molar-refractivity contribution in [3.63, 3.8) is 0 Å². The van der Waals surface area contributed by atoms with Crippen LogP contribution in [0.1, 0.15) is 60.1 Å². The minimum absolute atomic E-state index is 0.104. The molecule has 2 aromatic heterocycles. The van der Waals surface area contributed by atoms with Crippen molar-refractivity contribution < 1.29 is 9.59 Å². The largest absolute Gasteiger partial charge is 0.345 e. The van der Waals surface area contributed by atoms with E-state index in [0.717, 1.165) is 35.3 Å². The van der Waals surface area contributed by atoms with Crippen molar-refractivity contribution in [1.29, 1.82) is 0 Å². The Morgan fingerprint density at radius 1 is 1.18 bits per heavy atom. The summed E-state index contributed by atoms with van der Waals surface area (Å²) in [5, 5.41) is 5.82. The van der Waals surface area contributed by atoms with E-state index in [9.17, 15) is 9.59 Å². The predicted molar refractivity (Wildman–Crippen MR) is 105 cm³/mol. The van der Waals surface area contributed by atoms with Gasteiger partial charge in [0.15, 0.2) is 5.65 Å². The molecule has 7 nitrogen and oxygen atoms in total. The number of benzene rings is 1. The fraction of sp³-hybridized carbons (Fsp3) is 0.333. The molecule has 3 heterocycles. The number of amides is 2. The number of nitrogens with zero attached hydrogens (tertiary/aromatic N) is 3. The van der Waals surface area contributed by atoms with Gasteiger partial charge in [-0.15, -0.1) is 0 Å². The molecule has 1 unspecified atom stereocenters. The van der Waals surface area contributed by atoms with Crippen molar-refractivity contribution in [2.45, 2.75) is 44.2 Å². The van der Waals surface area contributed by atoms with E-state index in [4.69, 9.17) is 0 Å². The minimum Gasteiger partial charge on any atom is -0.345 e. The van der Waals surface area contributed by atoms with Crippen LogP contribution in [0.3, 0.4) is 0 Å². The lowest BCUT2D eigenvalue weighted by atomic mass is 9.97. The molecule has 2 aliphatic rings. The zero-order chi connectivity index (χ0) is 19.1. The maximum atomic E-state index is 12.8. The Bertz CT molecular complexity index is 1070. The molecule has 0 saturated heterocycles. The van der Waals surface area contributed by atoms with Crippen LogP contribution in [-0.2, 0) is 4.79 Å². The number of imidazole rings is 1. The molecule has 2 amide bonds. The van der Waals surface area contributed by atoms with Gasteiger partial charge in [-0.1, -0.05) is 31.0 Å². The predicted octanol–water partition coefficient (Wildman–Crippen LogP) is 3.36. The monoisotopic (exact) mass is 375 g/mol. The standard InChI is InChI=1S/C21H21N5O2/c27-19-10-17(15-7-3-4-8-16(15)24-19)25-21(28)13-9-18-20(22-11-13)26(12-23-18)14-5-1-2-6-14/h3-4,7-9,11-12,14,17H,1-2,5-6,10H2,(H,24,27)(H,25,28). The van der Waals surface area contributed by atoms with Gasteiger partial charge >= 0.3 is 0 Å². The zero-order valence-electron chi connectivity index (χ0n) is 15.4. The van der Waals surface area contributed by atoms with Crippen LogP contribution in [0.15, 0.2) is 42.9 Å². The van der Waals surface area contributed by atoms with E-state index in [0.29, 0.717) is 11.6 Å². The van der Waals surface area contributed by atoms with Crippen molar-refractivity contribution in [3.05, 3.63) is 54.0 Å². The lowest BCUT2D eigenvalue weighted by molar-refractivity contribution is -0.116. The van der Waals surface area contributed by atoms with E-state index in [2.05, 4.69) is 25.2 Å². The zero-order valence-corrected chi connectivity index (χ0v) is 15.4. The summed E-state index contributed by atoms with van der Waals surface area (Å²) in [6.45, 7) is 0. The second kappa shape index (κ2) is 6.74. The van der Waals surface area contributed by atoms with Gasteiger partial charge < -0.3 is 15.2 Å². The third-order valence-electron chi connectivity index (χ3n) is 5.70. The van der Waals surface area contributed by atoms with Crippen molar-refractivity contribution in [2.75, 3.05) is 5.32 Å². The molecule has 1 aliphatic carbocycles. The number of carbonyl (C=O) groups is 2. The van der Waals surface area contributed by atoms with Crippen LogP contribution < -0.4 is 10.6 Å². The highest BCUT2D eigenvalue weighted by Gasteiger charge is 2.27. The second-order valence-electron chi connectivity index (χ2n) is 7.52. The van der Waals surface area contributed by atoms with Gasteiger partial charge in [0.1, 0.15) is 5.52 Å². The summed E-state index contributed by atoms with van der Waals surface area (Å²) < 4.78 is 2.13. The Balaban J connectivity index is 1.40. The first kappa shape index (κ1) is 16.9. The first-order valence-electron chi connectivity index (χ1n) is 9.71. The molecule has 1 aliphatic heterocycles. The Morgan fingerprint density at radius 2 is 2.00 bits per heavy atom. The number of pyridine rings is 1. The van der Waals surface area contributed by atoms with Crippen molar-refractivity contribution in [2.24, 2.45) is 0 Å². The third kappa shape index (κ3) is 2.93. The third-order valence-corrected chi connectivity index (χ3v) is 5.70. The molecule has 0 radical (unpaired) electrons. The fourth-order valence-corrected chi connectivity index (χ4v) is 4.27. The Morgan fingerprint density at radius 3 is 2.86 bits per heavy atom. The van der Waals surface area contributed by atoms with Crippen molar-refractivity contribution in [3.8, 4) is 0 Å². The number of anilines is 1. The maximum absolute atomic E-state index is 12.8. The van der Waals surface area contributed by atoms with Crippen LogP contribution in [0.25, 0.3) is 11.2 Å². The van der Waals surface area contributed by atoms with Gasteiger partial charge in [0.05, 0.1) is 24.4 Å². The molecule has 28 heavy (non-hydrogen) atoms. The first-order chi connectivity index (χ1) is 13.7. The summed E-state index contributed by atoms with van der Waals surface area (Å²) in [5.74, 6) is -0.354. The molecule has 0 bridgehead atoms. The molecule has 7 heteroatoms. The average Bonchev–Trinajstić information content (AvgIpc) is 3.36. The highest BCUT2D eigenvalue weighted by molar-refractivity contribution is 5.99. The van der Waals surface area contributed by atoms with Gasteiger partial charge in [-0.2, -0.15) is 0 Å². The summed E-state index contributed by atoms with van der Waals surface area (Å²) in [7, 11) is 0. The average molecular weight is 375 g/mol. The number of para-hydroxylation sites is 1. The summed E-state index contributed by atoms with van der Waals surface area (Å²) in [4.78, 5) is 33.8. The van der Waals surface area contributed by atoms with Gasteiger partial charge in [0.2, 0.25) is 5.91 Å². The Hall–Kier alpha value is -3.22. The lowest BCUT2D eigenvalue weighted by Crippen LogP contribution is -2.35. The minimum atomic E-state index is -0.357. The molecule has 1 saturated carbocycles.